The van der Waals surface area contributed by atoms with E-state index in [2.05, 4.69) is 51.2 Å². The van der Waals surface area contributed by atoms with Gasteiger partial charge in [0.25, 0.3) is 0 Å². The Kier molecular flexibility index (Phi) is 7.84. The standard InChI is InChI=1S/C13H21.C5H5.C2H6Si.Zr/c1-3-5-8-12-10-7-11-13(12)9-6-4-2;1-2-4-5-3-1;1-3-2;/h10H,3-6,8-9,11H2,1-2H3;1-3H,4H2;1-2H3;. The molecule has 2 aliphatic rings. The summed E-state index contributed by atoms with van der Waals surface area (Å²) in [6, 6.07) is 0. The summed E-state index contributed by atoms with van der Waals surface area (Å²) >= 11 is -1.50. The van der Waals surface area contributed by atoms with Crippen LogP contribution in [0.25, 0.3) is 0 Å². The van der Waals surface area contributed by atoms with Gasteiger partial charge >= 0.3 is 146 Å². The average Bonchev–Trinajstić information content (AvgIpc) is 3.13. The molecule has 0 heterocycles. The molecule has 120 valence electrons. The van der Waals surface area contributed by atoms with Crippen LogP contribution in [0.5, 0.6) is 0 Å². The van der Waals surface area contributed by atoms with Gasteiger partial charge in [-0.25, -0.2) is 0 Å². The summed E-state index contributed by atoms with van der Waals surface area (Å²) in [7, 11) is 0. The summed E-state index contributed by atoms with van der Waals surface area (Å²) in [5, 5.41) is 0. The van der Waals surface area contributed by atoms with Crippen LogP contribution in [-0.2, 0) is 20.4 Å². The fourth-order valence-corrected chi connectivity index (χ4v) is 20.6. The molecule has 0 N–H and O–H groups in total. The molecule has 0 saturated carbocycles. The maximum absolute atomic E-state index is 2.70. The van der Waals surface area contributed by atoms with Gasteiger partial charge in [0.1, 0.15) is 0 Å². The monoisotopic (exact) mass is 390 g/mol. The Bertz CT molecular complexity index is 554. The van der Waals surface area contributed by atoms with Gasteiger partial charge in [-0.1, -0.05) is 0 Å². The predicted molar refractivity (Wildman–Crippen MR) is 98.1 cm³/mol. The zero-order chi connectivity index (χ0) is 15.9. The molecule has 0 aromatic heterocycles. The molecule has 0 fully saturated rings. The zero-order valence-electron chi connectivity index (χ0n) is 15.0. The SMILES string of the molecule is CCCCC1=C(CCCC)C[C]([Zr]([C]2=CC=CC2)=[Si](C)C)=C1. The first-order chi connectivity index (χ1) is 10.7. The second-order valence-electron chi connectivity index (χ2n) is 6.88. The van der Waals surface area contributed by atoms with Crippen LogP contribution in [0, 0.1) is 0 Å². The fourth-order valence-electron chi connectivity index (χ4n) is 3.60. The summed E-state index contributed by atoms with van der Waals surface area (Å²) in [5.74, 6) is 0. The van der Waals surface area contributed by atoms with E-state index in [-0.39, 0.29) is 5.43 Å². The first-order valence-electron chi connectivity index (χ1n) is 9.12. The van der Waals surface area contributed by atoms with Gasteiger partial charge in [-0.15, -0.1) is 0 Å². The third-order valence-corrected chi connectivity index (χ3v) is 21.8. The number of hydrogen-bond donors (Lipinski definition) is 0. The van der Waals surface area contributed by atoms with Crippen LogP contribution in [0.15, 0.2) is 42.0 Å². The summed E-state index contributed by atoms with van der Waals surface area (Å²) in [4.78, 5) is 0. The Balaban J connectivity index is 2.20. The second-order valence-corrected chi connectivity index (χ2v) is 24.2. The van der Waals surface area contributed by atoms with Gasteiger partial charge in [-0.3, -0.25) is 0 Å². The molecule has 0 aromatic rings. The molecule has 0 atom stereocenters. The van der Waals surface area contributed by atoms with Crippen LogP contribution in [0.4, 0.5) is 0 Å². The van der Waals surface area contributed by atoms with E-state index >= 15 is 0 Å². The molecule has 0 amide bonds. The number of allylic oxidation sites excluding steroid dienone is 8. The van der Waals surface area contributed by atoms with E-state index in [0.29, 0.717) is 0 Å². The minimum atomic E-state index is -1.50. The summed E-state index contributed by atoms with van der Waals surface area (Å²) in [6.45, 7) is 9.80. The number of hydrogen-bond acceptors (Lipinski definition) is 0. The van der Waals surface area contributed by atoms with Gasteiger partial charge in [0.05, 0.1) is 0 Å². The Hall–Kier alpha value is 0.0600. The fraction of sp³-hybridized carbons (Fsp3) is 0.600. The quantitative estimate of drug-likeness (QED) is 0.406. The van der Waals surface area contributed by atoms with Crippen molar-refractivity contribution in [3.05, 3.63) is 42.0 Å². The molecular weight excluding hydrogens is 360 g/mol. The van der Waals surface area contributed by atoms with Crippen molar-refractivity contribution in [3.8, 4) is 0 Å². The van der Waals surface area contributed by atoms with Crippen molar-refractivity contribution in [2.24, 2.45) is 0 Å². The molecule has 0 saturated heterocycles. The first-order valence-corrected chi connectivity index (χ1v) is 17.8. The molecule has 0 aromatic carbocycles. The summed E-state index contributed by atoms with van der Waals surface area (Å²) < 4.78 is 3.81. The van der Waals surface area contributed by atoms with Gasteiger partial charge in [0.2, 0.25) is 0 Å². The van der Waals surface area contributed by atoms with E-state index in [0.717, 1.165) is 0 Å². The van der Waals surface area contributed by atoms with Crippen molar-refractivity contribution in [3.63, 3.8) is 0 Å². The molecule has 0 aliphatic heterocycles. The predicted octanol–water partition coefficient (Wildman–Crippen LogP) is 6.66. The van der Waals surface area contributed by atoms with Crippen molar-refractivity contribution >= 4 is 5.43 Å². The van der Waals surface area contributed by atoms with E-state index in [4.69, 9.17) is 0 Å². The summed E-state index contributed by atoms with van der Waals surface area (Å²) in [6.07, 6.45) is 20.6. The normalized spacial score (nSPS) is 17.1. The van der Waals surface area contributed by atoms with Gasteiger partial charge in [-0.05, 0) is 0 Å². The second kappa shape index (κ2) is 9.38. The average molecular weight is 392 g/mol. The molecule has 0 bridgehead atoms. The molecule has 0 radical (unpaired) electrons. The van der Waals surface area contributed by atoms with Crippen LogP contribution >= 0.6 is 0 Å². The van der Waals surface area contributed by atoms with Crippen molar-refractivity contribution in [1.82, 2.24) is 0 Å². The molecule has 22 heavy (non-hydrogen) atoms. The van der Waals surface area contributed by atoms with E-state index < -0.39 is 20.4 Å². The molecule has 2 rings (SSSR count). The Labute approximate surface area is 145 Å². The topological polar surface area (TPSA) is 0 Å². The maximum atomic E-state index is 2.70. The molecular formula is C20H32SiZr. The van der Waals surface area contributed by atoms with E-state index in [9.17, 15) is 0 Å². The van der Waals surface area contributed by atoms with Crippen molar-refractivity contribution in [1.29, 1.82) is 0 Å². The molecule has 2 heteroatoms. The molecule has 2 aliphatic carbocycles. The van der Waals surface area contributed by atoms with Gasteiger partial charge in [0, 0.05) is 0 Å². The van der Waals surface area contributed by atoms with Crippen molar-refractivity contribution in [2.45, 2.75) is 78.3 Å². The first kappa shape index (κ1) is 18.4. The number of rotatable bonds is 8. The van der Waals surface area contributed by atoms with Crippen molar-refractivity contribution < 1.29 is 20.4 Å². The molecule has 0 unspecified atom stereocenters. The van der Waals surface area contributed by atoms with E-state index in [1.54, 1.807) is 5.57 Å². The van der Waals surface area contributed by atoms with Crippen LogP contribution in [0.1, 0.15) is 65.2 Å². The Morgan fingerprint density at radius 1 is 1.05 bits per heavy atom. The Morgan fingerprint density at radius 2 is 1.77 bits per heavy atom. The van der Waals surface area contributed by atoms with Crippen LogP contribution in [-0.4, -0.2) is 5.43 Å². The van der Waals surface area contributed by atoms with Gasteiger partial charge in [0.15, 0.2) is 0 Å². The van der Waals surface area contributed by atoms with Crippen LogP contribution in [0.2, 0.25) is 13.1 Å². The molecule has 0 spiro atoms. The molecule has 0 nitrogen and oxygen atoms in total. The van der Waals surface area contributed by atoms with Gasteiger partial charge < -0.3 is 0 Å². The van der Waals surface area contributed by atoms with E-state index in [1.165, 1.54) is 51.4 Å². The van der Waals surface area contributed by atoms with Crippen LogP contribution < -0.4 is 0 Å². The third kappa shape index (κ3) is 4.78. The minimum absolute atomic E-state index is 0.132. The van der Waals surface area contributed by atoms with Gasteiger partial charge in [-0.2, -0.15) is 0 Å². The van der Waals surface area contributed by atoms with E-state index in [1.807, 2.05) is 12.1 Å². The van der Waals surface area contributed by atoms with Crippen LogP contribution in [0.3, 0.4) is 0 Å². The Morgan fingerprint density at radius 3 is 2.36 bits per heavy atom. The number of unbranched alkanes of at least 4 members (excludes halogenated alkanes) is 2. The third-order valence-electron chi connectivity index (χ3n) is 4.75. The summed E-state index contributed by atoms with van der Waals surface area (Å²) in [5.41, 5.74) is 3.43. The van der Waals surface area contributed by atoms with Crippen molar-refractivity contribution in [2.75, 3.05) is 0 Å². The zero-order valence-corrected chi connectivity index (χ0v) is 18.4.